The van der Waals surface area contributed by atoms with Gasteiger partial charge in [0.1, 0.15) is 17.5 Å². The molecule has 0 unspecified atom stereocenters. The van der Waals surface area contributed by atoms with E-state index in [9.17, 15) is 9.59 Å². The van der Waals surface area contributed by atoms with E-state index in [2.05, 4.69) is 20.1 Å². The van der Waals surface area contributed by atoms with Gasteiger partial charge in [-0.15, -0.1) is 0 Å². The molecule has 1 saturated carbocycles. The number of primary amides is 1. The minimum atomic E-state index is -0.576. The molecule has 1 amide bonds. The number of fused-ring (bicyclic) bond motifs is 1. The lowest BCUT2D eigenvalue weighted by atomic mass is 9.80. The van der Waals surface area contributed by atoms with Crippen LogP contribution in [0.15, 0.2) is 18.5 Å². The van der Waals surface area contributed by atoms with E-state index in [1.807, 2.05) is 0 Å². The van der Waals surface area contributed by atoms with Crippen molar-refractivity contribution in [3.05, 3.63) is 29.7 Å². The fraction of sp³-hybridized carbons (Fsp3) is 0.476. The number of morpholine rings is 1. The molecule has 2 aliphatic rings. The van der Waals surface area contributed by atoms with Gasteiger partial charge in [0.15, 0.2) is 11.5 Å². The number of hydrogen-bond acceptors (Lipinski definition) is 7. The summed E-state index contributed by atoms with van der Waals surface area (Å²) in [7, 11) is 0. The first-order valence-electron chi connectivity index (χ1n) is 10.7. The number of amides is 1. The van der Waals surface area contributed by atoms with Gasteiger partial charge in [0.05, 0.1) is 24.5 Å². The Labute approximate surface area is 178 Å². The van der Waals surface area contributed by atoms with Crippen molar-refractivity contribution < 1.29 is 14.3 Å². The Morgan fingerprint density at radius 3 is 2.71 bits per heavy atom. The Hall–Kier alpha value is -3.27. The Morgan fingerprint density at radius 2 is 2.00 bits per heavy atom. The minimum absolute atomic E-state index is 0.113. The Balaban J connectivity index is 1.67. The molecule has 1 saturated heterocycles. The first kappa shape index (κ1) is 19.7. The second-order valence-electron chi connectivity index (χ2n) is 8.16. The highest BCUT2D eigenvalue weighted by atomic mass is 16.5. The predicted molar refractivity (Wildman–Crippen MR) is 113 cm³/mol. The van der Waals surface area contributed by atoms with Crippen molar-refractivity contribution >= 4 is 23.7 Å². The third kappa shape index (κ3) is 3.46. The summed E-state index contributed by atoms with van der Waals surface area (Å²) in [5.41, 5.74) is 8.74. The van der Waals surface area contributed by atoms with Gasteiger partial charge >= 0.3 is 0 Å². The second-order valence-corrected chi connectivity index (χ2v) is 8.16. The first-order chi connectivity index (χ1) is 15.2. The molecule has 3 N–H and O–H groups in total. The zero-order valence-corrected chi connectivity index (χ0v) is 17.2. The van der Waals surface area contributed by atoms with Crippen molar-refractivity contribution in [2.75, 3.05) is 31.2 Å². The number of aldehydes is 1. The van der Waals surface area contributed by atoms with E-state index in [0.29, 0.717) is 43.2 Å². The maximum Gasteiger partial charge on any atom is 0.254 e. The number of nitrogens with zero attached hydrogens (tertiary/aromatic N) is 5. The molecule has 5 rings (SSSR count). The molecule has 10 nitrogen and oxygen atoms in total. The molecule has 1 aliphatic carbocycles. The van der Waals surface area contributed by atoms with Gasteiger partial charge in [0.25, 0.3) is 5.91 Å². The molecule has 1 aliphatic heterocycles. The molecule has 162 valence electrons. The van der Waals surface area contributed by atoms with Crippen molar-refractivity contribution in [1.82, 2.24) is 24.8 Å². The molecule has 3 aromatic heterocycles. The van der Waals surface area contributed by atoms with Gasteiger partial charge in [0, 0.05) is 37.3 Å². The highest BCUT2D eigenvalue weighted by Crippen LogP contribution is 2.43. The first-order valence-corrected chi connectivity index (χ1v) is 10.7. The van der Waals surface area contributed by atoms with Crippen molar-refractivity contribution in [1.29, 1.82) is 0 Å². The summed E-state index contributed by atoms with van der Waals surface area (Å²) in [5.74, 6) is 0.490. The van der Waals surface area contributed by atoms with Crippen LogP contribution in [0.4, 0.5) is 5.82 Å². The highest BCUT2D eigenvalue weighted by molar-refractivity contribution is 6.06. The lowest BCUT2D eigenvalue weighted by molar-refractivity contribution is -0.111. The minimum Gasteiger partial charge on any atom is -0.378 e. The molecular weight excluding hydrogens is 398 g/mol. The van der Waals surface area contributed by atoms with E-state index in [1.165, 1.54) is 0 Å². The van der Waals surface area contributed by atoms with Crippen LogP contribution in [0.5, 0.6) is 0 Å². The van der Waals surface area contributed by atoms with Crippen molar-refractivity contribution in [2.24, 2.45) is 11.7 Å². The number of aromatic nitrogens is 5. The summed E-state index contributed by atoms with van der Waals surface area (Å²) in [4.78, 5) is 30.2. The maximum absolute atomic E-state index is 12.5. The number of rotatable bonds is 5. The standard InChI is InChI=1S/C21H25N7O3/c22-19(30)16-18(26-28-7-1-6-23-20(16)28)15-17(14-4-2-13(12-29)3-5-14)24-25-21(15)27-8-10-31-11-9-27/h1,6-7,12-14H,2-5,8-11H2,(H2,22,30)(H,24,25). The highest BCUT2D eigenvalue weighted by Gasteiger charge is 2.33. The predicted octanol–water partition coefficient (Wildman–Crippen LogP) is 1.53. The zero-order chi connectivity index (χ0) is 21.4. The van der Waals surface area contributed by atoms with Crippen molar-refractivity contribution in [3.8, 4) is 11.3 Å². The van der Waals surface area contributed by atoms with Crippen molar-refractivity contribution in [2.45, 2.75) is 31.6 Å². The summed E-state index contributed by atoms with van der Waals surface area (Å²) >= 11 is 0. The van der Waals surface area contributed by atoms with Gasteiger partial charge in [-0.3, -0.25) is 9.89 Å². The Kier molecular flexibility index (Phi) is 5.14. The molecule has 31 heavy (non-hydrogen) atoms. The van der Waals surface area contributed by atoms with Gasteiger partial charge in [-0.1, -0.05) is 0 Å². The van der Waals surface area contributed by atoms with Gasteiger partial charge in [0.2, 0.25) is 0 Å². The third-order valence-corrected chi connectivity index (χ3v) is 6.34. The number of H-pyrrole nitrogens is 1. The molecule has 4 heterocycles. The Bertz CT molecular complexity index is 1110. The number of anilines is 1. The topological polar surface area (TPSA) is 132 Å². The van der Waals surface area contributed by atoms with Crippen LogP contribution < -0.4 is 10.6 Å². The second kappa shape index (κ2) is 8.10. The molecule has 0 radical (unpaired) electrons. The van der Waals surface area contributed by atoms with Crippen LogP contribution in [-0.4, -0.2) is 63.3 Å². The number of aromatic amines is 1. The monoisotopic (exact) mass is 423 g/mol. The summed E-state index contributed by atoms with van der Waals surface area (Å²) in [6.07, 6.45) is 7.86. The number of hydrogen-bond donors (Lipinski definition) is 2. The molecule has 0 atom stereocenters. The molecule has 0 bridgehead atoms. The summed E-state index contributed by atoms with van der Waals surface area (Å²) in [5, 5.41) is 12.6. The lowest BCUT2D eigenvalue weighted by Crippen LogP contribution is -2.36. The SMILES string of the molecule is NC(=O)c1c(-c2c(N3CCOCC3)n[nH]c2C2CCC(C=O)CC2)nn2cccnc12. The van der Waals surface area contributed by atoms with E-state index in [0.717, 1.165) is 49.0 Å². The third-order valence-electron chi connectivity index (χ3n) is 6.34. The van der Waals surface area contributed by atoms with Gasteiger partial charge < -0.3 is 20.2 Å². The van der Waals surface area contributed by atoms with Crippen LogP contribution in [-0.2, 0) is 9.53 Å². The molecular formula is C21H25N7O3. The lowest BCUT2D eigenvalue weighted by Gasteiger charge is -2.28. The summed E-state index contributed by atoms with van der Waals surface area (Å²) < 4.78 is 7.09. The van der Waals surface area contributed by atoms with Crippen LogP contribution in [0.1, 0.15) is 47.7 Å². The smallest absolute Gasteiger partial charge is 0.254 e. The maximum atomic E-state index is 12.5. The van der Waals surface area contributed by atoms with Crippen LogP contribution in [0, 0.1) is 5.92 Å². The average molecular weight is 423 g/mol. The number of nitrogens with one attached hydrogen (secondary N) is 1. The number of nitrogens with two attached hydrogens (primary N) is 1. The number of ether oxygens (including phenoxy) is 1. The van der Waals surface area contributed by atoms with E-state index >= 15 is 0 Å². The molecule has 10 heteroatoms. The van der Waals surface area contributed by atoms with Gasteiger partial charge in [-0.25, -0.2) is 9.50 Å². The van der Waals surface area contributed by atoms with E-state index in [4.69, 9.17) is 15.6 Å². The van der Waals surface area contributed by atoms with Crippen LogP contribution >= 0.6 is 0 Å². The fourth-order valence-corrected chi connectivity index (χ4v) is 4.71. The molecule has 0 aromatic carbocycles. The van der Waals surface area contributed by atoms with Crippen LogP contribution in [0.2, 0.25) is 0 Å². The summed E-state index contributed by atoms with van der Waals surface area (Å²) in [6.45, 7) is 2.63. The molecule has 0 spiro atoms. The molecule has 3 aromatic rings. The average Bonchev–Trinajstić information content (AvgIpc) is 3.41. The number of carbonyl (C=O) groups is 2. The van der Waals surface area contributed by atoms with E-state index < -0.39 is 5.91 Å². The number of carbonyl (C=O) groups excluding carboxylic acids is 2. The van der Waals surface area contributed by atoms with Gasteiger partial charge in [-0.05, 0) is 31.7 Å². The van der Waals surface area contributed by atoms with E-state index in [-0.39, 0.29) is 11.8 Å². The quantitative estimate of drug-likeness (QED) is 0.595. The van der Waals surface area contributed by atoms with E-state index in [1.54, 1.807) is 23.0 Å². The fourth-order valence-electron chi connectivity index (χ4n) is 4.71. The van der Waals surface area contributed by atoms with Crippen molar-refractivity contribution in [3.63, 3.8) is 0 Å². The molecule has 2 fully saturated rings. The largest absolute Gasteiger partial charge is 0.378 e. The van der Waals surface area contributed by atoms with Crippen LogP contribution in [0.25, 0.3) is 16.9 Å². The Morgan fingerprint density at radius 1 is 1.23 bits per heavy atom. The van der Waals surface area contributed by atoms with Crippen LogP contribution in [0.3, 0.4) is 0 Å². The zero-order valence-electron chi connectivity index (χ0n) is 17.2. The normalized spacial score (nSPS) is 22.0. The van der Waals surface area contributed by atoms with Gasteiger partial charge in [-0.2, -0.15) is 10.2 Å². The summed E-state index contributed by atoms with van der Waals surface area (Å²) in [6, 6.07) is 1.76.